The number of nitrogens with zero attached hydrogens (tertiary/aromatic N) is 6. The highest BCUT2D eigenvalue weighted by Gasteiger charge is 2.45. The first-order chi connectivity index (χ1) is 27.5. The lowest BCUT2D eigenvalue weighted by atomic mass is 10.0. The molecule has 4 aliphatic heterocycles. The molecule has 6 heterocycles. The van der Waals surface area contributed by atoms with Gasteiger partial charge >= 0.3 is 0 Å². The largest absolute Gasteiger partial charge is 0.488 e. The summed E-state index contributed by atoms with van der Waals surface area (Å²) < 4.78 is 36.9. The van der Waals surface area contributed by atoms with Crippen LogP contribution in [0.3, 0.4) is 0 Å². The van der Waals surface area contributed by atoms with Crippen LogP contribution in [0.25, 0.3) is 11.0 Å². The Morgan fingerprint density at radius 3 is 2.40 bits per heavy atom. The van der Waals surface area contributed by atoms with Gasteiger partial charge in [0.2, 0.25) is 27.8 Å². The number of anilines is 1. The summed E-state index contributed by atoms with van der Waals surface area (Å²) in [6, 6.07) is 14.0. The van der Waals surface area contributed by atoms with Crippen molar-refractivity contribution in [3.8, 4) is 5.75 Å². The average Bonchev–Trinajstić information content (AvgIpc) is 3.80. The van der Waals surface area contributed by atoms with Crippen molar-refractivity contribution in [1.82, 2.24) is 34.0 Å². The maximum atomic E-state index is 13.7. The molecule has 1 saturated carbocycles. The van der Waals surface area contributed by atoms with Crippen molar-refractivity contribution in [3.05, 3.63) is 87.8 Å². The minimum absolute atomic E-state index is 0.0344. The molecule has 3 saturated heterocycles. The number of carbonyl (C=O) groups excluding carboxylic acids is 4. The lowest BCUT2D eigenvalue weighted by Gasteiger charge is -2.39. The van der Waals surface area contributed by atoms with E-state index < -0.39 is 39.7 Å². The third-order valence-corrected chi connectivity index (χ3v) is 13.6. The summed E-state index contributed by atoms with van der Waals surface area (Å²) in [6.45, 7) is 2.29. The first-order valence-corrected chi connectivity index (χ1v) is 20.9. The van der Waals surface area contributed by atoms with Crippen LogP contribution in [0, 0.1) is 0 Å². The molecule has 4 aromatic rings. The SMILES string of the molecule is O=C1CCC(N2C(=O)c3ccc(CN4CC(Oc5cccc(S(=O)(=O)N6CCC(Nc7ncc8ccc(=O)n(C9CCCC9)c8n7)CC6)c5)C4)cc3C2=O)C(=O)N1. The standard InChI is InChI=1S/C40H42N8O8S/c49-34-12-11-33(37(51)43-34)48-38(52)31-10-8-24(18-32(31)39(48)53)21-45-22-29(23-45)56-28-6-3-7-30(19-28)57(54,55)46-16-14-26(15-17-46)42-40-41-20-25-9-13-35(50)47(36(25)44-40)27-4-1-2-5-27/h3,6-10,13,18-20,26-27,29,33H,1-2,4-5,11-12,14-17,21-23H2,(H,41,42,44)(H,43,49,51). The summed E-state index contributed by atoms with van der Waals surface area (Å²) in [5, 5.41) is 6.40. The highest BCUT2D eigenvalue weighted by atomic mass is 32.2. The van der Waals surface area contributed by atoms with Crippen molar-refractivity contribution >= 4 is 50.6 Å². The number of imide groups is 2. The Bertz CT molecular complexity index is 2470. The zero-order chi connectivity index (χ0) is 39.4. The number of ether oxygens (including phenoxy) is 1. The summed E-state index contributed by atoms with van der Waals surface area (Å²) in [6.07, 6.45) is 6.93. The van der Waals surface area contributed by atoms with Crippen LogP contribution in [0.5, 0.6) is 5.75 Å². The number of carbonyl (C=O) groups is 4. The van der Waals surface area contributed by atoms with Crippen LogP contribution >= 0.6 is 0 Å². The van der Waals surface area contributed by atoms with Crippen LogP contribution in [0.15, 0.2) is 70.5 Å². The number of rotatable bonds is 10. The first-order valence-electron chi connectivity index (χ1n) is 19.5. The maximum absolute atomic E-state index is 13.7. The second-order valence-electron chi connectivity index (χ2n) is 15.5. The number of amides is 4. The van der Waals surface area contributed by atoms with Crippen LogP contribution in [0.2, 0.25) is 0 Å². The van der Waals surface area contributed by atoms with Gasteiger partial charge in [0.1, 0.15) is 23.5 Å². The third kappa shape index (κ3) is 7.08. The number of hydrogen-bond acceptors (Lipinski definition) is 12. The van der Waals surface area contributed by atoms with Gasteiger partial charge in [0, 0.05) is 74.9 Å². The third-order valence-electron chi connectivity index (χ3n) is 11.7. The molecule has 2 aromatic carbocycles. The molecule has 2 aromatic heterocycles. The van der Waals surface area contributed by atoms with Crippen molar-refractivity contribution < 1.29 is 32.3 Å². The number of aromatic nitrogens is 3. The van der Waals surface area contributed by atoms with Gasteiger partial charge in [-0.1, -0.05) is 25.0 Å². The summed E-state index contributed by atoms with van der Waals surface area (Å²) in [4.78, 5) is 75.5. The van der Waals surface area contributed by atoms with Crippen molar-refractivity contribution in [2.75, 3.05) is 31.5 Å². The molecule has 16 nitrogen and oxygen atoms in total. The van der Waals surface area contributed by atoms with Gasteiger partial charge in [-0.25, -0.2) is 13.4 Å². The number of piperidine rings is 2. The minimum atomic E-state index is -3.78. The van der Waals surface area contributed by atoms with Crippen LogP contribution in [-0.4, -0.2) is 105 Å². The first kappa shape index (κ1) is 37.1. The minimum Gasteiger partial charge on any atom is -0.488 e. The van der Waals surface area contributed by atoms with E-state index in [2.05, 4.69) is 20.5 Å². The molecule has 296 valence electrons. The highest BCUT2D eigenvalue weighted by molar-refractivity contribution is 7.89. The predicted molar refractivity (Wildman–Crippen MR) is 206 cm³/mol. The van der Waals surface area contributed by atoms with Crippen LogP contribution in [0.4, 0.5) is 5.95 Å². The number of nitrogens with one attached hydrogen (secondary N) is 2. The Morgan fingerprint density at radius 2 is 1.63 bits per heavy atom. The van der Waals surface area contributed by atoms with E-state index in [4.69, 9.17) is 9.72 Å². The monoisotopic (exact) mass is 794 g/mol. The average molecular weight is 795 g/mol. The Morgan fingerprint density at radius 1 is 0.860 bits per heavy atom. The number of pyridine rings is 1. The van der Waals surface area contributed by atoms with E-state index in [0.717, 1.165) is 41.5 Å². The zero-order valence-electron chi connectivity index (χ0n) is 31.1. The van der Waals surface area contributed by atoms with Crippen molar-refractivity contribution in [2.45, 2.75) is 87.0 Å². The second-order valence-corrected chi connectivity index (χ2v) is 17.4. The zero-order valence-corrected chi connectivity index (χ0v) is 31.9. The molecule has 1 aliphatic carbocycles. The Balaban J connectivity index is 0.778. The number of sulfonamides is 1. The normalized spacial score (nSPS) is 21.5. The van der Waals surface area contributed by atoms with E-state index in [-0.39, 0.29) is 52.6 Å². The lowest BCUT2D eigenvalue weighted by molar-refractivity contribution is -0.136. The Hall–Kier alpha value is -5.52. The topological polar surface area (TPSA) is 193 Å². The summed E-state index contributed by atoms with van der Waals surface area (Å²) in [7, 11) is -3.78. The summed E-state index contributed by atoms with van der Waals surface area (Å²) in [5.74, 6) is -1.27. The molecule has 17 heteroatoms. The van der Waals surface area contributed by atoms with E-state index in [0.29, 0.717) is 62.9 Å². The highest BCUT2D eigenvalue weighted by Crippen LogP contribution is 2.32. The molecule has 0 radical (unpaired) electrons. The van der Waals surface area contributed by atoms with Gasteiger partial charge in [-0.3, -0.25) is 43.7 Å². The molecule has 0 spiro atoms. The number of benzene rings is 2. The molecular weight excluding hydrogens is 753 g/mol. The fourth-order valence-corrected chi connectivity index (χ4v) is 10.2. The fourth-order valence-electron chi connectivity index (χ4n) is 8.70. The molecule has 5 aliphatic rings. The summed E-state index contributed by atoms with van der Waals surface area (Å²) in [5.41, 5.74) is 1.86. The van der Waals surface area contributed by atoms with Crippen LogP contribution in [-0.2, 0) is 26.2 Å². The second kappa shape index (κ2) is 14.8. The van der Waals surface area contributed by atoms with Gasteiger partial charge in [0.15, 0.2) is 0 Å². The number of hydrogen-bond donors (Lipinski definition) is 2. The van der Waals surface area contributed by atoms with Gasteiger partial charge < -0.3 is 10.1 Å². The fraction of sp³-hybridized carbons (Fsp3) is 0.425. The molecule has 4 amide bonds. The van der Waals surface area contributed by atoms with E-state index >= 15 is 0 Å². The maximum Gasteiger partial charge on any atom is 0.262 e. The van der Waals surface area contributed by atoms with Crippen LogP contribution in [0.1, 0.15) is 83.7 Å². The molecule has 0 bridgehead atoms. The van der Waals surface area contributed by atoms with E-state index in [1.807, 2.05) is 0 Å². The molecule has 57 heavy (non-hydrogen) atoms. The van der Waals surface area contributed by atoms with Gasteiger partial charge in [-0.05, 0) is 68.0 Å². The smallest absolute Gasteiger partial charge is 0.262 e. The molecule has 4 fully saturated rings. The van der Waals surface area contributed by atoms with E-state index in [9.17, 15) is 32.4 Å². The Labute approximate surface area is 328 Å². The van der Waals surface area contributed by atoms with E-state index in [1.54, 1.807) is 65.4 Å². The van der Waals surface area contributed by atoms with Gasteiger partial charge in [0.05, 0.1) is 16.0 Å². The number of fused-ring (bicyclic) bond motifs is 2. The molecule has 1 atom stereocenters. The van der Waals surface area contributed by atoms with Crippen molar-refractivity contribution in [2.24, 2.45) is 0 Å². The molecule has 9 rings (SSSR count). The lowest BCUT2D eigenvalue weighted by Crippen LogP contribution is -2.54. The molecular formula is C40H42N8O8S. The Kier molecular flexibility index (Phi) is 9.61. The predicted octanol–water partition coefficient (Wildman–Crippen LogP) is 2.84. The summed E-state index contributed by atoms with van der Waals surface area (Å²) >= 11 is 0. The van der Waals surface area contributed by atoms with Gasteiger partial charge in [0.25, 0.3) is 17.4 Å². The number of likely N-dealkylation sites (tertiary alicyclic amines) is 1. The van der Waals surface area contributed by atoms with Gasteiger partial charge in [-0.15, -0.1) is 0 Å². The van der Waals surface area contributed by atoms with Gasteiger partial charge in [-0.2, -0.15) is 9.29 Å². The van der Waals surface area contributed by atoms with Crippen LogP contribution < -0.4 is 20.9 Å². The molecule has 2 N–H and O–H groups in total. The molecule has 1 unspecified atom stereocenters. The quantitative estimate of drug-likeness (QED) is 0.224. The van der Waals surface area contributed by atoms with E-state index in [1.165, 1.54) is 4.31 Å². The van der Waals surface area contributed by atoms with Crippen molar-refractivity contribution in [1.29, 1.82) is 0 Å². The van der Waals surface area contributed by atoms with Crippen molar-refractivity contribution in [3.63, 3.8) is 0 Å².